The first kappa shape index (κ1) is 10.9. The van der Waals surface area contributed by atoms with Gasteiger partial charge in [0.05, 0.1) is 4.47 Å². The molecule has 0 amide bonds. The first-order valence-electron chi connectivity index (χ1n) is 5.98. The lowest BCUT2D eigenvalue weighted by Gasteiger charge is -2.21. The summed E-state index contributed by atoms with van der Waals surface area (Å²) in [7, 11) is 0. The Bertz CT molecular complexity index is 796. The predicted octanol–water partition coefficient (Wildman–Crippen LogP) is 5.50. The zero-order valence-corrected chi connectivity index (χ0v) is 11.5. The highest BCUT2D eigenvalue weighted by Gasteiger charge is 2.21. The Kier molecular flexibility index (Phi) is 2.29. The lowest BCUT2D eigenvalue weighted by atomic mass is 10.1. The van der Waals surface area contributed by atoms with Crippen LogP contribution in [0, 0.1) is 0 Å². The van der Waals surface area contributed by atoms with Crippen LogP contribution in [0.25, 0.3) is 10.8 Å². The summed E-state index contributed by atoms with van der Waals surface area (Å²) in [5.41, 5.74) is 0. The molecule has 3 aromatic rings. The summed E-state index contributed by atoms with van der Waals surface area (Å²) in [6.07, 6.45) is 0. The monoisotopic (exact) mass is 312 g/mol. The molecule has 0 unspecified atom stereocenters. The summed E-state index contributed by atoms with van der Waals surface area (Å²) >= 11 is 3.48. The van der Waals surface area contributed by atoms with Crippen molar-refractivity contribution in [1.82, 2.24) is 0 Å². The molecule has 0 saturated carbocycles. The highest BCUT2D eigenvalue weighted by molar-refractivity contribution is 9.10. The van der Waals surface area contributed by atoms with E-state index in [2.05, 4.69) is 28.1 Å². The molecule has 0 aromatic heterocycles. The van der Waals surface area contributed by atoms with Gasteiger partial charge in [0.2, 0.25) is 0 Å². The van der Waals surface area contributed by atoms with Gasteiger partial charge in [-0.2, -0.15) is 0 Å². The number of halogens is 1. The fourth-order valence-electron chi connectivity index (χ4n) is 2.25. The molecule has 3 aromatic carbocycles. The summed E-state index contributed by atoms with van der Waals surface area (Å²) in [5.74, 6) is 2.96. The molecule has 1 aliphatic rings. The molecule has 0 atom stereocenters. The Morgan fingerprint density at radius 3 is 2.11 bits per heavy atom. The summed E-state index contributed by atoms with van der Waals surface area (Å²) in [6.45, 7) is 0. The van der Waals surface area contributed by atoms with Crippen LogP contribution >= 0.6 is 15.9 Å². The maximum Gasteiger partial charge on any atom is 0.184 e. The summed E-state index contributed by atoms with van der Waals surface area (Å²) in [5, 5.41) is 2.28. The van der Waals surface area contributed by atoms with E-state index in [4.69, 9.17) is 9.47 Å². The van der Waals surface area contributed by atoms with E-state index >= 15 is 0 Å². The largest absolute Gasteiger partial charge is 0.449 e. The summed E-state index contributed by atoms with van der Waals surface area (Å²) < 4.78 is 12.7. The molecule has 1 heterocycles. The van der Waals surface area contributed by atoms with E-state index in [1.165, 1.54) is 0 Å². The van der Waals surface area contributed by atoms with Crippen LogP contribution in [0.2, 0.25) is 0 Å². The molecule has 19 heavy (non-hydrogen) atoms. The van der Waals surface area contributed by atoms with Gasteiger partial charge in [0, 0.05) is 0 Å². The molecule has 0 N–H and O–H groups in total. The van der Waals surface area contributed by atoms with Crippen molar-refractivity contribution in [2.75, 3.05) is 0 Å². The maximum atomic E-state index is 5.94. The third-order valence-electron chi connectivity index (χ3n) is 3.17. The van der Waals surface area contributed by atoms with Gasteiger partial charge < -0.3 is 9.47 Å². The van der Waals surface area contributed by atoms with E-state index in [9.17, 15) is 0 Å². The average molecular weight is 313 g/mol. The number of para-hydroxylation sites is 1. The van der Waals surface area contributed by atoms with Gasteiger partial charge in [0.15, 0.2) is 23.0 Å². The van der Waals surface area contributed by atoms with E-state index in [0.29, 0.717) is 0 Å². The Morgan fingerprint density at radius 1 is 0.684 bits per heavy atom. The summed E-state index contributed by atoms with van der Waals surface area (Å²) in [4.78, 5) is 0. The Hall–Kier alpha value is -2.00. The standard InChI is InChI=1S/C16H9BrO2/c17-12-6-3-7-13-16(12)19-15-9-11-5-2-1-4-10(11)8-14(15)18-13/h1-9H. The Labute approximate surface area is 118 Å². The molecular formula is C16H9BrO2. The molecule has 2 nitrogen and oxygen atoms in total. The minimum absolute atomic E-state index is 0.727. The van der Waals surface area contributed by atoms with E-state index < -0.39 is 0 Å². The van der Waals surface area contributed by atoms with Crippen LogP contribution in [-0.2, 0) is 0 Å². The Morgan fingerprint density at radius 2 is 1.37 bits per heavy atom. The summed E-state index contributed by atoms with van der Waals surface area (Å²) in [6, 6.07) is 17.9. The molecule has 0 bridgehead atoms. The highest BCUT2D eigenvalue weighted by atomic mass is 79.9. The SMILES string of the molecule is Brc1cccc2c1Oc1cc3ccccc3cc1O2. The van der Waals surface area contributed by atoms with Gasteiger partial charge in [-0.15, -0.1) is 0 Å². The van der Waals surface area contributed by atoms with Gasteiger partial charge in [-0.05, 0) is 51.0 Å². The van der Waals surface area contributed by atoms with E-state index in [1.54, 1.807) is 0 Å². The van der Waals surface area contributed by atoms with Crippen molar-refractivity contribution in [3.05, 3.63) is 59.1 Å². The quantitative estimate of drug-likeness (QED) is 0.427. The molecule has 92 valence electrons. The third-order valence-corrected chi connectivity index (χ3v) is 3.80. The van der Waals surface area contributed by atoms with Gasteiger partial charge in [-0.25, -0.2) is 0 Å². The molecule has 0 fully saturated rings. The molecule has 1 aliphatic heterocycles. The lowest BCUT2D eigenvalue weighted by molar-refractivity contribution is 0.358. The second-order valence-electron chi connectivity index (χ2n) is 4.42. The average Bonchev–Trinajstić information content (AvgIpc) is 2.44. The van der Waals surface area contributed by atoms with Crippen LogP contribution in [0.1, 0.15) is 0 Å². The van der Waals surface area contributed by atoms with Crippen LogP contribution in [0.3, 0.4) is 0 Å². The minimum atomic E-state index is 0.727. The number of hydrogen-bond acceptors (Lipinski definition) is 2. The molecular weight excluding hydrogens is 304 g/mol. The number of rotatable bonds is 0. The number of benzene rings is 3. The zero-order chi connectivity index (χ0) is 12.8. The first-order valence-corrected chi connectivity index (χ1v) is 6.77. The number of hydrogen-bond donors (Lipinski definition) is 0. The molecule has 0 radical (unpaired) electrons. The number of ether oxygens (including phenoxy) is 2. The molecule has 0 spiro atoms. The van der Waals surface area contributed by atoms with E-state index in [1.807, 2.05) is 42.5 Å². The normalized spacial score (nSPS) is 12.3. The fraction of sp³-hybridized carbons (Fsp3) is 0. The van der Waals surface area contributed by atoms with Gasteiger partial charge in [0.25, 0.3) is 0 Å². The topological polar surface area (TPSA) is 18.5 Å². The molecule has 0 saturated heterocycles. The first-order chi connectivity index (χ1) is 9.31. The van der Waals surface area contributed by atoms with Crippen molar-refractivity contribution in [3.8, 4) is 23.0 Å². The van der Waals surface area contributed by atoms with Crippen LogP contribution in [0.5, 0.6) is 23.0 Å². The predicted molar refractivity (Wildman–Crippen MR) is 78.2 cm³/mol. The van der Waals surface area contributed by atoms with Crippen molar-refractivity contribution in [2.45, 2.75) is 0 Å². The van der Waals surface area contributed by atoms with Crippen molar-refractivity contribution < 1.29 is 9.47 Å². The molecule has 3 heteroatoms. The smallest absolute Gasteiger partial charge is 0.184 e. The van der Waals surface area contributed by atoms with E-state index in [0.717, 1.165) is 38.2 Å². The van der Waals surface area contributed by atoms with Gasteiger partial charge >= 0.3 is 0 Å². The fourth-order valence-corrected chi connectivity index (χ4v) is 2.68. The van der Waals surface area contributed by atoms with Crippen molar-refractivity contribution >= 4 is 26.7 Å². The van der Waals surface area contributed by atoms with Gasteiger partial charge in [0.1, 0.15) is 0 Å². The van der Waals surface area contributed by atoms with E-state index in [-0.39, 0.29) is 0 Å². The second kappa shape index (κ2) is 4.00. The van der Waals surface area contributed by atoms with Crippen LogP contribution in [0.4, 0.5) is 0 Å². The van der Waals surface area contributed by atoms with Crippen LogP contribution < -0.4 is 9.47 Å². The van der Waals surface area contributed by atoms with Crippen LogP contribution in [-0.4, -0.2) is 0 Å². The number of fused-ring (bicyclic) bond motifs is 3. The van der Waals surface area contributed by atoms with Crippen LogP contribution in [0.15, 0.2) is 59.1 Å². The van der Waals surface area contributed by atoms with Gasteiger partial charge in [-0.1, -0.05) is 30.3 Å². The molecule has 0 aliphatic carbocycles. The maximum absolute atomic E-state index is 5.94. The third kappa shape index (κ3) is 1.70. The van der Waals surface area contributed by atoms with Crippen molar-refractivity contribution in [3.63, 3.8) is 0 Å². The van der Waals surface area contributed by atoms with Gasteiger partial charge in [-0.3, -0.25) is 0 Å². The molecule has 4 rings (SSSR count). The zero-order valence-electron chi connectivity index (χ0n) is 9.89. The lowest BCUT2D eigenvalue weighted by Crippen LogP contribution is -1.99. The minimum Gasteiger partial charge on any atom is -0.449 e. The second-order valence-corrected chi connectivity index (χ2v) is 5.27. The Balaban J connectivity index is 1.93. The van der Waals surface area contributed by atoms with Crippen molar-refractivity contribution in [1.29, 1.82) is 0 Å². The van der Waals surface area contributed by atoms with Crippen molar-refractivity contribution in [2.24, 2.45) is 0 Å². The highest BCUT2D eigenvalue weighted by Crippen LogP contribution is 2.49.